The molecule has 0 aliphatic rings. The van der Waals surface area contributed by atoms with Gasteiger partial charge in [0.1, 0.15) is 12.4 Å². The zero-order valence-corrected chi connectivity index (χ0v) is 38.3. The summed E-state index contributed by atoms with van der Waals surface area (Å²) in [6, 6.07) is 18.2. The third-order valence-corrected chi connectivity index (χ3v) is 10.2. The highest BCUT2D eigenvalue weighted by Crippen LogP contribution is 2.34. The molecule has 2 atom stereocenters. The molecule has 0 spiro atoms. The van der Waals surface area contributed by atoms with Crippen molar-refractivity contribution in [2.24, 2.45) is 20.5 Å². The minimum Gasteiger partial charge on any atom is -0.490 e. The summed E-state index contributed by atoms with van der Waals surface area (Å²) in [7, 11) is 0. The largest absolute Gasteiger partial charge is 0.490 e. The van der Waals surface area contributed by atoms with Crippen LogP contribution in [0.2, 0.25) is 30.1 Å². The second-order valence-electron chi connectivity index (χ2n) is 13.2. The fourth-order valence-electron chi connectivity index (χ4n) is 5.40. The molecule has 4 N–H and O–H groups in total. The van der Waals surface area contributed by atoms with E-state index in [1.807, 2.05) is 0 Å². The number of para-hydroxylation sites is 2. The molecule has 15 nitrogen and oxygen atoms in total. The average molecular weight is 1010 g/mol. The maximum absolute atomic E-state index is 13.5. The molecule has 0 aliphatic carbocycles. The molecule has 0 radical (unpaired) electrons. The number of benzene rings is 5. The molecule has 0 aromatic heterocycles. The van der Waals surface area contributed by atoms with Crippen LogP contribution in [0.3, 0.4) is 0 Å². The summed E-state index contributed by atoms with van der Waals surface area (Å²) >= 11 is 43.1. The van der Waals surface area contributed by atoms with Crippen LogP contribution in [-0.4, -0.2) is 59.8 Å². The van der Waals surface area contributed by atoms with Gasteiger partial charge in [0.2, 0.25) is 12.1 Å². The van der Waals surface area contributed by atoms with Gasteiger partial charge in [-0.3, -0.25) is 28.8 Å². The molecule has 0 saturated carbocycles. The first-order valence-electron chi connectivity index (χ1n) is 18.3. The van der Waals surface area contributed by atoms with E-state index in [0.29, 0.717) is 0 Å². The SMILES string of the molecule is CC(=O)C(N=Nc1cc(Cl)cc(C(=O)Nc2c(Cl)cccc2Cl)c1)C(=O)Nc1ccc(NC(=O)C(N=Nc2cc(Cl)cc(C(=O)Nc3c(Cl)cccc3Cl)c2)C(C)=O)c(OCCCl)c1. The number of azo groups is 2. The highest BCUT2D eigenvalue weighted by Gasteiger charge is 2.27. The number of hydrogen-bond donors (Lipinski definition) is 4. The Bertz CT molecular complexity index is 2680. The molecule has 0 fully saturated rings. The Morgan fingerprint density at radius 2 is 1.00 bits per heavy atom. The Balaban J connectivity index is 1.30. The van der Waals surface area contributed by atoms with Gasteiger partial charge in [-0.05, 0) is 86.6 Å². The number of ketones is 2. The van der Waals surface area contributed by atoms with Crippen LogP contribution in [0, 0.1) is 0 Å². The third kappa shape index (κ3) is 13.4. The quantitative estimate of drug-likeness (QED) is 0.0402. The van der Waals surface area contributed by atoms with Gasteiger partial charge in [-0.2, -0.15) is 20.5 Å². The van der Waals surface area contributed by atoms with Crippen molar-refractivity contribution < 1.29 is 33.5 Å². The smallest absolute Gasteiger partial charge is 0.258 e. The van der Waals surface area contributed by atoms with Crippen LogP contribution < -0.4 is 26.0 Å². The molecule has 4 amide bonds. The molecule has 2 unspecified atom stereocenters. The number of rotatable bonds is 17. The number of nitrogens with one attached hydrogen (secondary N) is 4. The van der Waals surface area contributed by atoms with Crippen molar-refractivity contribution in [3.8, 4) is 5.75 Å². The lowest BCUT2D eigenvalue weighted by atomic mass is 10.1. The lowest BCUT2D eigenvalue weighted by Crippen LogP contribution is -2.32. The first-order chi connectivity index (χ1) is 30.4. The zero-order valence-electron chi connectivity index (χ0n) is 33.0. The molecule has 0 saturated heterocycles. The van der Waals surface area contributed by atoms with E-state index >= 15 is 0 Å². The number of Topliss-reactive ketones (excluding diaryl/α,β-unsaturated/α-hetero) is 2. The fourth-order valence-corrected chi connectivity index (χ4v) is 6.92. The predicted octanol–water partition coefficient (Wildman–Crippen LogP) is 12.1. The van der Waals surface area contributed by atoms with Crippen molar-refractivity contribution in [3.63, 3.8) is 0 Å². The number of ether oxygens (including phenoxy) is 1. The molecule has 5 aromatic carbocycles. The summed E-state index contributed by atoms with van der Waals surface area (Å²) in [5.41, 5.74) is 0.690. The van der Waals surface area contributed by atoms with Crippen LogP contribution in [0.1, 0.15) is 34.6 Å². The highest BCUT2D eigenvalue weighted by molar-refractivity contribution is 6.41. The Labute approximate surface area is 399 Å². The number of nitrogens with zero attached hydrogens (tertiary/aromatic N) is 4. The Hall–Kier alpha value is -5.65. The molecule has 330 valence electrons. The predicted molar refractivity (Wildman–Crippen MR) is 250 cm³/mol. The number of amides is 4. The molecular weight excluding hydrogens is 977 g/mol. The van der Waals surface area contributed by atoms with Gasteiger partial charge in [-0.1, -0.05) is 81.7 Å². The van der Waals surface area contributed by atoms with E-state index in [2.05, 4.69) is 41.7 Å². The lowest BCUT2D eigenvalue weighted by molar-refractivity contribution is -0.127. The first-order valence-corrected chi connectivity index (χ1v) is 21.1. The number of alkyl halides is 1. The van der Waals surface area contributed by atoms with Gasteiger partial charge in [0.15, 0.2) is 11.6 Å². The van der Waals surface area contributed by atoms with E-state index in [1.54, 1.807) is 36.4 Å². The van der Waals surface area contributed by atoms with Gasteiger partial charge in [-0.25, -0.2) is 0 Å². The van der Waals surface area contributed by atoms with Crippen LogP contribution in [0.5, 0.6) is 5.75 Å². The van der Waals surface area contributed by atoms with Crippen LogP contribution in [0.15, 0.2) is 111 Å². The number of carbonyl (C=O) groups excluding carboxylic acids is 6. The van der Waals surface area contributed by atoms with Gasteiger partial charge in [-0.15, -0.1) is 11.6 Å². The lowest BCUT2D eigenvalue weighted by Gasteiger charge is -2.16. The van der Waals surface area contributed by atoms with Gasteiger partial charge in [0.25, 0.3) is 23.6 Å². The van der Waals surface area contributed by atoms with Crippen LogP contribution in [0.4, 0.5) is 34.1 Å². The summed E-state index contributed by atoms with van der Waals surface area (Å²) in [5, 5.41) is 27.2. The number of carbonyl (C=O) groups is 6. The van der Waals surface area contributed by atoms with Crippen molar-refractivity contribution in [2.45, 2.75) is 25.9 Å². The number of halogens is 7. The molecule has 0 heterocycles. The Morgan fingerprint density at radius 1 is 0.562 bits per heavy atom. The van der Waals surface area contributed by atoms with Crippen molar-refractivity contribution >= 4 is 151 Å². The average Bonchev–Trinajstić information content (AvgIpc) is 3.23. The number of hydrogen-bond acceptors (Lipinski definition) is 11. The minimum atomic E-state index is -1.68. The second kappa shape index (κ2) is 22.8. The first kappa shape index (κ1) is 49.4. The summed E-state index contributed by atoms with van der Waals surface area (Å²) in [6.07, 6.45) is 0. The molecular formula is C42H31Cl7N8O7. The van der Waals surface area contributed by atoms with E-state index in [1.165, 1.54) is 54.6 Å². The van der Waals surface area contributed by atoms with Crippen molar-refractivity contribution in [1.29, 1.82) is 0 Å². The van der Waals surface area contributed by atoms with E-state index in [-0.39, 0.29) is 93.6 Å². The van der Waals surface area contributed by atoms with Gasteiger partial charge in [0.05, 0.1) is 54.4 Å². The molecule has 5 rings (SSSR count). The standard InChI is InChI=1S/C42H31Cl7N8O7/c1-20(58)35(56-54-27-15-22(13-24(44)17-27)39(60)52-37-29(46)5-3-6-30(37)47)41(62)50-26-9-10-33(34(19-26)64-12-11-43)51-42(63)36(21(2)59)57-55-28-16-23(14-25(45)18-28)40(61)53-38-31(48)7-4-8-32(38)49/h3-10,13-19,35-36H,11-12H2,1-2H3,(H,50,62)(H,51,63)(H,52,60)(H,53,61). The Morgan fingerprint density at radius 3 is 1.42 bits per heavy atom. The van der Waals surface area contributed by atoms with E-state index in [0.717, 1.165) is 13.8 Å². The molecule has 0 bridgehead atoms. The van der Waals surface area contributed by atoms with Crippen molar-refractivity contribution in [2.75, 3.05) is 33.8 Å². The summed E-state index contributed by atoms with van der Waals surface area (Å²) < 4.78 is 5.72. The monoisotopic (exact) mass is 1000 g/mol. The fraction of sp³-hybridized carbons (Fsp3) is 0.143. The third-order valence-electron chi connectivity index (χ3n) is 8.38. The summed E-state index contributed by atoms with van der Waals surface area (Å²) in [5.74, 6) is -4.38. The minimum absolute atomic E-state index is 0.0129. The normalized spacial score (nSPS) is 12.1. The molecule has 0 aliphatic heterocycles. The van der Waals surface area contributed by atoms with E-state index < -0.39 is 47.3 Å². The van der Waals surface area contributed by atoms with Gasteiger partial charge in [0, 0.05) is 32.9 Å². The van der Waals surface area contributed by atoms with Crippen molar-refractivity contribution in [1.82, 2.24) is 0 Å². The van der Waals surface area contributed by atoms with Gasteiger partial charge >= 0.3 is 0 Å². The topological polar surface area (TPSA) is 209 Å². The zero-order chi connectivity index (χ0) is 46.7. The molecule has 5 aromatic rings. The number of anilines is 4. The highest BCUT2D eigenvalue weighted by atomic mass is 35.5. The van der Waals surface area contributed by atoms with Crippen molar-refractivity contribution in [3.05, 3.63) is 132 Å². The molecule has 64 heavy (non-hydrogen) atoms. The van der Waals surface area contributed by atoms with E-state index in [4.69, 9.17) is 85.9 Å². The maximum Gasteiger partial charge on any atom is 0.258 e. The maximum atomic E-state index is 13.5. The molecule has 22 heteroatoms. The van der Waals surface area contributed by atoms with Gasteiger partial charge < -0.3 is 26.0 Å². The van der Waals surface area contributed by atoms with Crippen LogP contribution in [-0.2, 0) is 19.2 Å². The second-order valence-corrected chi connectivity index (χ2v) is 16.1. The Kier molecular flexibility index (Phi) is 17.6. The van der Waals surface area contributed by atoms with Crippen LogP contribution in [0.25, 0.3) is 0 Å². The summed E-state index contributed by atoms with van der Waals surface area (Å²) in [6.45, 7) is 2.21. The summed E-state index contributed by atoms with van der Waals surface area (Å²) in [4.78, 5) is 78.2. The van der Waals surface area contributed by atoms with E-state index in [9.17, 15) is 28.8 Å². The van der Waals surface area contributed by atoms with Crippen LogP contribution >= 0.6 is 81.2 Å².